The molecule has 0 aliphatic rings. The SMILES string of the molecule is O=C(COc1ccc([N+](=O)[O-])cc1Cc1ccccc1)Nc1ccccc1C(F)(F)F. The number of amides is 1. The van der Waals surface area contributed by atoms with Crippen LogP contribution in [0.25, 0.3) is 0 Å². The molecule has 0 atom stereocenters. The number of non-ortho nitro benzene ring substituents is 1. The second-order valence-corrected chi connectivity index (χ2v) is 6.59. The van der Waals surface area contributed by atoms with Crippen LogP contribution in [0.15, 0.2) is 72.8 Å². The van der Waals surface area contributed by atoms with Gasteiger partial charge >= 0.3 is 6.18 Å². The highest BCUT2D eigenvalue weighted by Gasteiger charge is 2.33. The number of para-hydroxylation sites is 1. The number of nitrogens with zero attached hydrogens (tertiary/aromatic N) is 1. The molecule has 31 heavy (non-hydrogen) atoms. The Hall–Kier alpha value is -3.88. The Morgan fingerprint density at radius 3 is 2.35 bits per heavy atom. The third-order valence-corrected chi connectivity index (χ3v) is 4.36. The predicted octanol–water partition coefficient (Wildman–Crippen LogP) is 5.22. The first-order chi connectivity index (χ1) is 14.7. The first-order valence-electron chi connectivity index (χ1n) is 9.14. The van der Waals surface area contributed by atoms with Crippen molar-refractivity contribution in [1.82, 2.24) is 0 Å². The lowest BCUT2D eigenvalue weighted by molar-refractivity contribution is -0.384. The summed E-state index contributed by atoms with van der Waals surface area (Å²) < 4.78 is 44.7. The summed E-state index contributed by atoms with van der Waals surface area (Å²) in [5.74, 6) is -0.561. The molecule has 0 radical (unpaired) electrons. The maximum atomic E-state index is 13.1. The summed E-state index contributed by atoms with van der Waals surface area (Å²) in [5, 5.41) is 13.3. The predicted molar refractivity (Wildman–Crippen MR) is 108 cm³/mol. The summed E-state index contributed by atoms with van der Waals surface area (Å²) in [5.41, 5.74) is -0.137. The number of nitro groups is 1. The monoisotopic (exact) mass is 430 g/mol. The average molecular weight is 430 g/mol. The first-order valence-corrected chi connectivity index (χ1v) is 9.14. The lowest BCUT2D eigenvalue weighted by atomic mass is 10.0. The number of carbonyl (C=O) groups excluding carboxylic acids is 1. The molecule has 0 saturated carbocycles. The van der Waals surface area contributed by atoms with Crippen LogP contribution in [0, 0.1) is 10.1 Å². The van der Waals surface area contributed by atoms with Crippen molar-refractivity contribution in [2.45, 2.75) is 12.6 Å². The summed E-state index contributed by atoms with van der Waals surface area (Å²) in [4.78, 5) is 22.8. The van der Waals surface area contributed by atoms with Crippen molar-refractivity contribution >= 4 is 17.3 Å². The number of hydrogen-bond acceptors (Lipinski definition) is 4. The molecule has 6 nitrogen and oxygen atoms in total. The first kappa shape index (κ1) is 21.8. The topological polar surface area (TPSA) is 81.5 Å². The molecule has 1 N–H and O–H groups in total. The van der Waals surface area contributed by atoms with E-state index in [1.54, 1.807) is 0 Å². The number of nitrogens with one attached hydrogen (secondary N) is 1. The van der Waals surface area contributed by atoms with Crippen LogP contribution in [-0.4, -0.2) is 17.4 Å². The Morgan fingerprint density at radius 1 is 1.00 bits per heavy atom. The maximum Gasteiger partial charge on any atom is 0.418 e. The lowest BCUT2D eigenvalue weighted by Crippen LogP contribution is -2.22. The maximum absolute atomic E-state index is 13.1. The molecule has 0 heterocycles. The molecule has 3 aromatic carbocycles. The van der Waals surface area contributed by atoms with Crippen LogP contribution in [0.1, 0.15) is 16.7 Å². The van der Waals surface area contributed by atoms with E-state index in [2.05, 4.69) is 5.32 Å². The average Bonchev–Trinajstić information content (AvgIpc) is 2.73. The Kier molecular flexibility index (Phi) is 6.54. The van der Waals surface area contributed by atoms with Crippen molar-refractivity contribution in [3.8, 4) is 5.75 Å². The van der Waals surface area contributed by atoms with Crippen molar-refractivity contribution in [2.24, 2.45) is 0 Å². The highest BCUT2D eigenvalue weighted by Crippen LogP contribution is 2.34. The van der Waals surface area contributed by atoms with Gasteiger partial charge in [0.15, 0.2) is 6.61 Å². The van der Waals surface area contributed by atoms with E-state index >= 15 is 0 Å². The van der Waals surface area contributed by atoms with E-state index in [0.717, 1.165) is 17.7 Å². The Labute approximate surface area is 175 Å². The van der Waals surface area contributed by atoms with Gasteiger partial charge in [0.1, 0.15) is 5.75 Å². The molecule has 0 aliphatic carbocycles. The van der Waals surface area contributed by atoms with E-state index in [1.807, 2.05) is 30.3 Å². The van der Waals surface area contributed by atoms with Crippen LogP contribution in [0.5, 0.6) is 5.75 Å². The van der Waals surface area contributed by atoms with Gasteiger partial charge in [-0.15, -0.1) is 0 Å². The number of benzene rings is 3. The Balaban J connectivity index is 1.75. The number of alkyl halides is 3. The zero-order valence-electron chi connectivity index (χ0n) is 16.1. The molecule has 0 saturated heterocycles. The molecule has 1 amide bonds. The van der Waals surface area contributed by atoms with Crippen LogP contribution in [0.4, 0.5) is 24.5 Å². The van der Waals surface area contributed by atoms with Gasteiger partial charge in [-0.1, -0.05) is 42.5 Å². The number of rotatable bonds is 7. The molecule has 160 valence electrons. The fourth-order valence-corrected chi connectivity index (χ4v) is 2.94. The van der Waals surface area contributed by atoms with Gasteiger partial charge in [-0.2, -0.15) is 13.2 Å². The zero-order valence-corrected chi connectivity index (χ0v) is 16.1. The second kappa shape index (κ2) is 9.29. The molecule has 0 fully saturated rings. The number of nitro benzene ring substituents is 1. The van der Waals surface area contributed by atoms with Crippen molar-refractivity contribution in [3.05, 3.63) is 99.6 Å². The standard InChI is InChI=1S/C22H17F3N2O4/c23-22(24,25)18-8-4-5-9-19(18)26-21(28)14-31-20-11-10-17(27(29)30)13-16(20)12-15-6-2-1-3-7-15/h1-11,13H,12,14H2,(H,26,28). The highest BCUT2D eigenvalue weighted by atomic mass is 19.4. The van der Waals surface area contributed by atoms with Crippen LogP contribution in [0.3, 0.4) is 0 Å². The Morgan fingerprint density at radius 2 is 1.68 bits per heavy atom. The highest BCUT2D eigenvalue weighted by molar-refractivity contribution is 5.92. The number of carbonyl (C=O) groups is 1. The number of hydrogen-bond donors (Lipinski definition) is 1. The van der Waals surface area contributed by atoms with Gasteiger partial charge in [-0.3, -0.25) is 14.9 Å². The molecule has 0 aliphatic heterocycles. The third-order valence-electron chi connectivity index (χ3n) is 4.36. The molecular formula is C22H17F3N2O4. The van der Waals surface area contributed by atoms with Gasteiger partial charge in [0.05, 0.1) is 16.2 Å². The van der Waals surface area contributed by atoms with E-state index in [4.69, 9.17) is 4.74 Å². The largest absolute Gasteiger partial charge is 0.483 e. The summed E-state index contributed by atoms with van der Waals surface area (Å²) in [6.07, 6.45) is -4.30. The van der Waals surface area contributed by atoms with Crippen LogP contribution in [0.2, 0.25) is 0 Å². The summed E-state index contributed by atoms with van der Waals surface area (Å²) in [6, 6.07) is 17.7. The van der Waals surface area contributed by atoms with Crippen molar-refractivity contribution < 1.29 is 27.6 Å². The van der Waals surface area contributed by atoms with Gasteiger partial charge < -0.3 is 10.1 Å². The van der Waals surface area contributed by atoms with E-state index in [0.29, 0.717) is 12.0 Å². The minimum atomic E-state index is -4.62. The molecular weight excluding hydrogens is 413 g/mol. The second-order valence-electron chi connectivity index (χ2n) is 6.59. The van der Waals surface area contributed by atoms with Gasteiger partial charge in [-0.25, -0.2) is 0 Å². The van der Waals surface area contributed by atoms with E-state index in [9.17, 15) is 28.1 Å². The molecule has 9 heteroatoms. The van der Waals surface area contributed by atoms with E-state index in [-0.39, 0.29) is 17.1 Å². The normalized spacial score (nSPS) is 11.1. The van der Waals surface area contributed by atoms with Crippen LogP contribution >= 0.6 is 0 Å². The quantitative estimate of drug-likeness (QED) is 0.412. The van der Waals surface area contributed by atoms with Crippen molar-refractivity contribution in [1.29, 1.82) is 0 Å². The fraction of sp³-hybridized carbons (Fsp3) is 0.136. The van der Waals surface area contributed by atoms with Crippen molar-refractivity contribution in [2.75, 3.05) is 11.9 Å². The van der Waals surface area contributed by atoms with Gasteiger partial charge in [0, 0.05) is 24.1 Å². The smallest absolute Gasteiger partial charge is 0.418 e. The molecule has 0 spiro atoms. The molecule has 0 aromatic heterocycles. The third kappa shape index (κ3) is 5.81. The molecule has 3 aromatic rings. The molecule has 0 unspecified atom stereocenters. The zero-order chi connectivity index (χ0) is 22.4. The van der Waals surface area contributed by atoms with Gasteiger partial charge in [0.25, 0.3) is 11.6 Å². The van der Waals surface area contributed by atoms with Crippen LogP contribution < -0.4 is 10.1 Å². The summed E-state index contributed by atoms with van der Waals surface area (Å²) >= 11 is 0. The number of ether oxygens (including phenoxy) is 1. The molecule has 0 bridgehead atoms. The summed E-state index contributed by atoms with van der Waals surface area (Å²) in [6.45, 7) is -0.564. The minimum Gasteiger partial charge on any atom is -0.483 e. The Bertz CT molecular complexity index is 1090. The van der Waals surface area contributed by atoms with Gasteiger partial charge in [-0.05, 0) is 23.8 Å². The van der Waals surface area contributed by atoms with E-state index in [1.165, 1.54) is 30.3 Å². The van der Waals surface area contributed by atoms with E-state index < -0.39 is 29.2 Å². The molecule has 3 rings (SSSR count). The summed E-state index contributed by atoms with van der Waals surface area (Å²) in [7, 11) is 0. The fourth-order valence-electron chi connectivity index (χ4n) is 2.94. The lowest BCUT2D eigenvalue weighted by Gasteiger charge is -2.15. The van der Waals surface area contributed by atoms with Crippen molar-refractivity contribution in [3.63, 3.8) is 0 Å². The minimum absolute atomic E-state index is 0.137. The number of halogens is 3. The number of anilines is 1. The van der Waals surface area contributed by atoms with Crippen LogP contribution in [-0.2, 0) is 17.4 Å². The van der Waals surface area contributed by atoms with Gasteiger partial charge in [0.2, 0.25) is 0 Å².